The zero-order valence-electron chi connectivity index (χ0n) is 13.1. The molecule has 7 nitrogen and oxygen atoms in total. The second-order valence-corrected chi connectivity index (χ2v) is 7.62. The smallest absolute Gasteiger partial charge is 0.260 e. The van der Waals surface area contributed by atoms with Crippen molar-refractivity contribution in [3.8, 4) is 0 Å². The van der Waals surface area contributed by atoms with Gasteiger partial charge in [-0.05, 0) is 43.5 Å². The predicted molar refractivity (Wildman–Crippen MR) is 87.9 cm³/mol. The van der Waals surface area contributed by atoms with Crippen LogP contribution in [0.4, 0.5) is 5.69 Å². The summed E-state index contributed by atoms with van der Waals surface area (Å²) in [5.41, 5.74) is 0.915. The Morgan fingerprint density at radius 2 is 2.08 bits per heavy atom. The molecule has 0 radical (unpaired) electrons. The van der Waals surface area contributed by atoms with Gasteiger partial charge in [0.1, 0.15) is 0 Å². The van der Waals surface area contributed by atoms with Crippen LogP contribution in [0.3, 0.4) is 0 Å². The van der Waals surface area contributed by atoms with Crippen LogP contribution < -0.4 is 0 Å². The topological polar surface area (TPSA) is 93.4 Å². The number of nitro benzene ring substituents is 1. The first-order chi connectivity index (χ1) is 11.4. The summed E-state index contributed by atoms with van der Waals surface area (Å²) in [5, 5.41) is 11.3. The van der Waals surface area contributed by atoms with E-state index in [1.165, 1.54) is 16.4 Å². The van der Waals surface area contributed by atoms with Gasteiger partial charge in [-0.25, -0.2) is 8.42 Å². The minimum atomic E-state index is -3.98. The fraction of sp³-hybridized carbons (Fsp3) is 0.312. The first-order valence-corrected chi connectivity index (χ1v) is 9.03. The largest absolute Gasteiger partial charge is 0.289 e. The second-order valence-electron chi connectivity index (χ2n) is 5.76. The molecule has 8 heteroatoms. The van der Waals surface area contributed by atoms with Crippen molar-refractivity contribution in [1.82, 2.24) is 9.29 Å². The summed E-state index contributed by atoms with van der Waals surface area (Å²) in [4.78, 5) is 14.6. The van der Waals surface area contributed by atoms with Crippen LogP contribution in [0.25, 0.3) is 0 Å². The summed E-state index contributed by atoms with van der Waals surface area (Å²) in [6.07, 6.45) is 2.96. The number of hydrogen-bond donors (Lipinski definition) is 0. The number of aromatic nitrogens is 1. The van der Waals surface area contributed by atoms with Gasteiger partial charge in [0, 0.05) is 18.8 Å². The maximum Gasteiger partial charge on any atom is 0.289 e. The van der Waals surface area contributed by atoms with Crippen LogP contribution in [0.2, 0.25) is 0 Å². The molecule has 0 aliphatic carbocycles. The lowest BCUT2D eigenvalue weighted by Gasteiger charge is -2.23. The molecule has 1 unspecified atom stereocenters. The van der Waals surface area contributed by atoms with Gasteiger partial charge in [-0.1, -0.05) is 12.1 Å². The van der Waals surface area contributed by atoms with Crippen molar-refractivity contribution in [2.75, 3.05) is 6.54 Å². The van der Waals surface area contributed by atoms with Gasteiger partial charge in [0.25, 0.3) is 15.7 Å². The lowest BCUT2D eigenvalue weighted by molar-refractivity contribution is -0.387. The maximum absolute atomic E-state index is 13.0. The standard InChI is InChI=1S/C16H17N3O4S/c1-12-7-8-16(15(11-12)19(20)21)24(22,23)18-10-4-6-14(18)13-5-2-3-9-17-13/h2-3,5,7-9,11,14H,4,6,10H2,1H3. The highest BCUT2D eigenvalue weighted by molar-refractivity contribution is 7.89. The van der Waals surface area contributed by atoms with Crippen LogP contribution in [-0.4, -0.2) is 29.2 Å². The molecule has 0 saturated carbocycles. The molecular weight excluding hydrogens is 330 g/mol. The molecule has 3 rings (SSSR count). The van der Waals surface area contributed by atoms with Gasteiger partial charge in [0.2, 0.25) is 0 Å². The molecule has 1 aromatic heterocycles. The predicted octanol–water partition coefficient (Wildman–Crippen LogP) is 2.82. The Bertz CT molecular complexity index is 868. The van der Waals surface area contributed by atoms with Crippen LogP contribution in [0.5, 0.6) is 0 Å². The van der Waals surface area contributed by atoms with Gasteiger partial charge >= 0.3 is 0 Å². The van der Waals surface area contributed by atoms with E-state index in [0.29, 0.717) is 30.6 Å². The molecule has 0 spiro atoms. The van der Waals surface area contributed by atoms with Crippen molar-refractivity contribution in [2.45, 2.75) is 30.7 Å². The van der Waals surface area contributed by atoms with Crippen LogP contribution in [-0.2, 0) is 10.0 Å². The highest BCUT2D eigenvalue weighted by Gasteiger charge is 2.39. The number of nitrogens with zero attached hydrogens (tertiary/aromatic N) is 3. The van der Waals surface area contributed by atoms with Crippen LogP contribution in [0.1, 0.15) is 30.1 Å². The van der Waals surface area contributed by atoms with Gasteiger partial charge in [-0.15, -0.1) is 0 Å². The van der Waals surface area contributed by atoms with Crippen molar-refractivity contribution >= 4 is 15.7 Å². The number of rotatable bonds is 4. The lowest BCUT2D eigenvalue weighted by atomic mass is 10.1. The van der Waals surface area contributed by atoms with E-state index in [4.69, 9.17) is 0 Å². The Hall–Kier alpha value is -2.32. The average Bonchev–Trinajstić information content (AvgIpc) is 3.06. The van der Waals surface area contributed by atoms with E-state index >= 15 is 0 Å². The fourth-order valence-corrected chi connectivity index (χ4v) is 4.82. The number of aryl methyl sites for hydroxylation is 1. The third kappa shape index (κ3) is 2.90. The van der Waals surface area contributed by atoms with Gasteiger partial charge in [-0.2, -0.15) is 4.31 Å². The van der Waals surface area contributed by atoms with Crippen molar-refractivity contribution in [2.24, 2.45) is 0 Å². The van der Waals surface area contributed by atoms with E-state index in [-0.39, 0.29) is 10.6 Å². The Morgan fingerprint density at radius 3 is 2.75 bits per heavy atom. The molecule has 2 heterocycles. The normalized spacial score (nSPS) is 18.6. The molecular formula is C16H17N3O4S. The van der Waals surface area contributed by atoms with Crippen molar-refractivity contribution < 1.29 is 13.3 Å². The molecule has 1 saturated heterocycles. The van der Waals surface area contributed by atoms with Gasteiger partial charge in [-0.3, -0.25) is 15.1 Å². The number of nitro groups is 1. The molecule has 2 aromatic rings. The Labute approximate surface area is 140 Å². The summed E-state index contributed by atoms with van der Waals surface area (Å²) in [6.45, 7) is 2.02. The molecule has 1 fully saturated rings. The lowest BCUT2D eigenvalue weighted by Crippen LogP contribution is -2.31. The second kappa shape index (κ2) is 6.29. The highest BCUT2D eigenvalue weighted by Crippen LogP contribution is 2.38. The third-order valence-electron chi connectivity index (χ3n) is 4.13. The Morgan fingerprint density at radius 1 is 1.29 bits per heavy atom. The minimum absolute atomic E-state index is 0.263. The number of hydrogen-bond acceptors (Lipinski definition) is 5. The summed E-state index contributed by atoms with van der Waals surface area (Å²) < 4.78 is 27.4. The first-order valence-electron chi connectivity index (χ1n) is 7.59. The Balaban J connectivity index is 2.06. The number of pyridine rings is 1. The third-order valence-corrected chi connectivity index (χ3v) is 6.09. The quantitative estimate of drug-likeness (QED) is 0.626. The molecule has 1 aliphatic heterocycles. The fourth-order valence-electron chi connectivity index (χ4n) is 3.01. The van der Waals surface area contributed by atoms with E-state index in [0.717, 1.165) is 0 Å². The average molecular weight is 347 g/mol. The van der Waals surface area contributed by atoms with E-state index in [2.05, 4.69) is 4.98 Å². The first kappa shape index (κ1) is 16.5. The number of benzene rings is 1. The van der Waals surface area contributed by atoms with Crippen molar-refractivity contribution in [3.63, 3.8) is 0 Å². The maximum atomic E-state index is 13.0. The van der Waals surface area contributed by atoms with Crippen LogP contribution in [0, 0.1) is 17.0 Å². The Kier molecular flexibility index (Phi) is 4.33. The van der Waals surface area contributed by atoms with Crippen molar-refractivity contribution in [3.05, 3.63) is 64.0 Å². The van der Waals surface area contributed by atoms with E-state index in [9.17, 15) is 18.5 Å². The number of sulfonamides is 1. The molecule has 0 amide bonds. The van der Waals surface area contributed by atoms with Gasteiger partial charge in [0.05, 0.1) is 16.7 Å². The van der Waals surface area contributed by atoms with E-state index in [1.807, 2.05) is 0 Å². The minimum Gasteiger partial charge on any atom is -0.260 e. The van der Waals surface area contributed by atoms with E-state index < -0.39 is 21.0 Å². The highest BCUT2D eigenvalue weighted by atomic mass is 32.2. The zero-order chi connectivity index (χ0) is 17.3. The summed E-state index contributed by atoms with van der Waals surface area (Å²) >= 11 is 0. The molecule has 1 aliphatic rings. The summed E-state index contributed by atoms with van der Waals surface area (Å²) in [6, 6.07) is 9.14. The zero-order valence-corrected chi connectivity index (χ0v) is 13.9. The van der Waals surface area contributed by atoms with Gasteiger partial charge < -0.3 is 0 Å². The van der Waals surface area contributed by atoms with Crippen LogP contribution in [0.15, 0.2) is 47.5 Å². The molecule has 24 heavy (non-hydrogen) atoms. The molecule has 0 bridgehead atoms. The monoisotopic (exact) mass is 347 g/mol. The van der Waals surface area contributed by atoms with Crippen molar-refractivity contribution in [1.29, 1.82) is 0 Å². The molecule has 1 atom stereocenters. The molecule has 126 valence electrons. The van der Waals surface area contributed by atoms with Crippen LogP contribution >= 0.6 is 0 Å². The van der Waals surface area contributed by atoms with Gasteiger partial charge in [0.15, 0.2) is 4.90 Å². The molecule has 0 N–H and O–H groups in total. The SMILES string of the molecule is Cc1ccc(S(=O)(=O)N2CCCC2c2ccccn2)c([N+](=O)[O-])c1. The molecule has 1 aromatic carbocycles. The summed E-state index contributed by atoms with van der Waals surface area (Å²) in [5.74, 6) is 0. The summed E-state index contributed by atoms with van der Waals surface area (Å²) in [7, 11) is -3.98. The van der Waals surface area contributed by atoms with E-state index in [1.54, 1.807) is 37.4 Å².